The third kappa shape index (κ3) is 15.3. The Kier molecular flexibility index (Phi) is 16.6. The standard InChI is InChI=1S/C13H27GeI/c1-2-3-4-5-6-7-8-9-10-11-12-13-14-15/h2-13H2,1H3. The van der Waals surface area contributed by atoms with E-state index in [1.165, 1.54) is 70.6 Å². The third-order valence-electron chi connectivity index (χ3n) is 2.87. The van der Waals surface area contributed by atoms with Crippen molar-refractivity contribution >= 4 is 32.3 Å². The van der Waals surface area contributed by atoms with Gasteiger partial charge in [-0.2, -0.15) is 0 Å². The van der Waals surface area contributed by atoms with Gasteiger partial charge in [0.2, 0.25) is 0 Å². The van der Waals surface area contributed by atoms with Crippen LogP contribution < -0.4 is 0 Å². The number of hydrogen-bond donors (Lipinski definition) is 0. The van der Waals surface area contributed by atoms with Crippen LogP contribution in [0, 0.1) is 0 Å². The number of hydrogen-bond acceptors (Lipinski definition) is 0. The van der Waals surface area contributed by atoms with E-state index in [-0.39, 0.29) is 0 Å². The van der Waals surface area contributed by atoms with Gasteiger partial charge in [-0.1, -0.05) is 6.92 Å². The fourth-order valence-electron chi connectivity index (χ4n) is 1.86. The van der Waals surface area contributed by atoms with E-state index in [9.17, 15) is 0 Å². The molecule has 0 aromatic heterocycles. The van der Waals surface area contributed by atoms with Crippen LogP contribution in [0.1, 0.15) is 77.6 Å². The van der Waals surface area contributed by atoms with Crippen molar-refractivity contribution in [3.8, 4) is 0 Å². The van der Waals surface area contributed by atoms with Crippen molar-refractivity contribution in [1.29, 1.82) is 0 Å². The molecule has 0 amide bonds. The van der Waals surface area contributed by atoms with Crippen LogP contribution in [0.4, 0.5) is 0 Å². The molecule has 0 nitrogen and oxygen atoms in total. The summed E-state index contributed by atoms with van der Waals surface area (Å²) in [4.78, 5) is 0. The quantitative estimate of drug-likeness (QED) is 0.228. The molecule has 0 aliphatic heterocycles. The van der Waals surface area contributed by atoms with Crippen molar-refractivity contribution in [2.45, 2.75) is 82.8 Å². The first-order chi connectivity index (χ1) is 7.41. The summed E-state index contributed by atoms with van der Waals surface area (Å²) >= 11 is 3.03. The van der Waals surface area contributed by atoms with Crippen LogP contribution in [-0.2, 0) is 0 Å². The van der Waals surface area contributed by atoms with E-state index in [0.29, 0.717) is 12.1 Å². The molecular weight excluding hydrogens is 356 g/mol. The Bertz CT molecular complexity index is 94.7. The van der Waals surface area contributed by atoms with Crippen LogP contribution >= 0.6 is 20.2 Å². The number of rotatable bonds is 12. The van der Waals surface area contributed by atoms with Crippen LogP contribution in [0.25, 0.3) is 0 Å². The molecule has 0 spiro atoms. The third-order valence-corrected chi connectivity index (χ3v) is 6.82. The van der Waals surface area contributed by atoms with Crippen molar-refractivity contribution in [2.24, 2.45) is 0 Å². The molecule has 0 fully saturated rings. The Balaban J connectivity index is 2.81. The molecule has 0 aromatic carbocycles. The summed E-state index contributed by atoms with van der Waals surface area (Å²) in [5.74, 6) is 0. The Morgan fingerprint density at radius 3 is 1.47 bits per heavy atom. The molecule has 0 bridgehead atoms. The van der Waals surface area contributed by atoms with E-state index in [1.807, 2.05) is 0 Å². The van der Waals surface area contributed by atoms with E-state index < -0.39 is 0 Å². The van der Waals surface area contributed by atoms with Gasteiger partial charge in [-0.05, 0) is 0 Å². The second-order valence-electron chi connectivity index (χ2n) is 4.42. The SMILES string of the molecule is CCCCCCCCCCCC[CH2][Ge][I]. The van der Waals surface area contributed by atoms with Gasteiger partial charge in [0.15, 0.2) is 0 Å². The van der Waals surface area contributed by atoms with Crippen LogP contribution in [0.5, 0.6) is 0 Å². The van der Waals surface area contributed by atoms with Crippen molar-refractivity contribution in [3.05, 3.63) is 0 Å². The fraction of sp³-hybridized carbons (Fsp3) is 1.00. The van der Waals surface area contributed by atoms with Crippen LogP contribution in [0.3, 0.4) is 0 Å². The summed E-state index contributed by atoms with van der Waals surface area (Å²) in [6.07, 6.45) is 16.2. The Morgan fingerprint density at radius 2 is 1.07 bits per heavy atom. The van der Waals surface area contributed by atoms with Gasteiger partial charge < -0.3 is 0 Å². The zero-order valence-corrected chi connectivity index (χ0v) is 14.6. The molecule has 2 heteroatoms. The van der Waals surface area contributed by atoms with Crippen molar-refractivity contribution in [2.75, 3.05) is 0 Å². The molecule has 0 aromatic rings. The van der Waals surface area contributed by atoms with E-state index in [2.05, 4.69) is 27.1 Å². The van der Waals surface area contributed by atoms with Crippen LogP contribution in [0.15, 0.2) is 0 Å². The van der Waals surface area contributed by atoms with E-state index in [1.54, 1.807) is 5.25 Å². The Morgan fingerprint density at radius 1 is 0.667 bits per heavy atom. The molecule has 0 aliphatic rings. The zero-order chi connectivity index (χ0) is 11.2. The van der Waals surface area contributed by atoms with Gasteiger partial charge in [0.05, 0.1) is 0 Å². The first-order valence-electron chi connectivity index (χ1n) is 6.75. The summed E-state index contributed by atoms with van der Waals surface area (Å²) in [7, 11) is 0. The van der Waals surface area contributed by atoms with Crippen molar-refractivity contribution in [3.63, 3.8) is 0 Å². The van der Waals surface area contributed by atoms with Gasteiger partial charge in [-0.3, -0.25) is 0 Å². The predicted molar refractivity (Wildman–Crippen MR) is 81.0 cm³/mol. The second-order valence-corrected chi connectivity index (χ2v) is 9.99. The molecule has 0 unspecified atom stereocenters. The van der Waals surface area contributed by atoms with Gasteiger partial charge in [0, 0.05) is 0 Å². The van der Waals surface area contributed by atoms with Gasteiger partial charge in [0.25, 0.3) is 0 Å². The van der Waals surface area contributed by atoms with Gasteiger partial charge in [-0.25, -0.2) is 0 Å². The second kappa shape index (κ2) is 15.3. The van der Waals surface area contributed by atoms with E-state index in [0.717, 1.165) is 0 Å². The summed E-state index contributed by atoms with van der Waals surface area (Å²) in [5, 5.41) is 1.55. The van der Waals surface area contributed by atoms with Gasteiger partial charge in [0.1, 0.15) is 0 Å². The summed E-state index contributed by atoms with van der Waals surface area (Å²) in [5.41, 5.74) is 0. The van der Waals surface area contributed by atoms with E-state index >= 15 is 0 Å². The average Bonchev–Trinajstić information content (AvgIpc) is 2.26. The first kappa shape index (κ1) is 16.3. The number of unbranched alkanes of at least 4 members (excludes halogenated alkanes) is 10. The molecule has 0 atom stereocenters. The monoisotopic (exact) mass is 384 g/mol. The van der Waals surface area contributed by atoms with Crippen molar-refractivity contribution in [1.82, 2.24) is 0 Å². The predicted octanol–water partition coefficient (Wildman–Crippen LogP) is 5.77. The molecule has 0 N–H and O–H groups in total. The maximum atomic E-state index is 2.60. The average molecular weight is 383 g/mol. The van der Waals surface area contributed by atoms with Crippen LogP contribution in [0.2, 0.25) is 5.25 Å². The molecule has 0 saturated heterocycles. The summed E-state index contributed by atoms with van der Waals surface area (Å²) in [6.45, 7) is 2.29. The normalized spacial score (nSPS) is 10.8. The zero-order valence-electron chi connectivity index (χ0n) is 10.4. The Hall–Kier alpha value is 1.27. The van der Waals surface area contributed by atoms with E-state index in [4.69, 9.17) is 0 Å². The van der Waals surface area contributed by atoms with Crippen molar-refractivity contribution < 1.29 is 0 Å². The number of halogens is 1. The molecule has 0 saturated carbocycles. The molecule has 0 rings (SSSR count). The minimum atomic E-state index is 0.429. The van der Waals surface area contributed by atoms with Gasteiger partial charge >= 0.3 is 108 Å². The topological polar surface area (TPSA) is 0 Å². The summed E-state index contributed by atoms with van der Waals surface area (Å²) in [6, 6.07) is 0. The first-order valence-corrected chi connectivity index (χ1v) is 14.6. The molecule has 0 heterocycles. The minimum absolute atomic E-state index is 0.429. The molecular formula is C13H27GeI. The Labute approximate surface area is 114 Å². The maximum absolute atomic E-state index is 2.60. The fourth-order valence-corrected chi connectivity index (χ4v) is 4.64. The molecule has 15 heavy (non-hydrogen) atoms. The molecule has 2 radical (unpaired) electrons. The van der Waals surface area contributed by atoms with Crippen LogP contribution in [-0.4, -0.2) is 12.1 Å². The molecule has 90 valence electrons. The molecule has 0 aliphatic carbocycles. The summed E-state index contributed by atoms with van der Waals surface area (Å²) < 4.78 is 0. The van der Waals surface area contributed by atoms with Gasteiger partial charge in [-0.15, -0.1) is 0 Å².